The summed E-state index contributed by atoms with van der Waals surface area (Å²) in [5.41, 5.74) is 2.23. The van der Waals surface area contributed by atoms with Crippen LogP contribution in [-0.2, 0) is 4.43 Å². The summed E-state index contributed by atoms with van der Waals surface area (Å²) in [6, 6.07) is 3.09. The fourth-order valence-electron chi connectivity index (χ4n) is 4.94. The number of piperidine rings is 1. The van der Waals surface area contributed by atoms with Gasteiger partial charge in [-0.1, -0.05) is 41.5 Å². The summed E-state index contributed by atoms with van der Waals surface area (Å²) in [6.45, 7) is 14.7. The molecule has 27 heavy (non-hydrogen) atoms. The molecule has 150 valence electrons. The first-order valence-corrected chi connectivity index (χ1v) is 12.4. The van der Waals surface area contributed by atoms with Crippen LogP contribution in [0.2, 0.25) is 16.6 Å². The minimum atomic E-state index is -2.02. The maximum Gasteiger partial charge on any atom is 0.233 e. The first-order chi connectivity index (χ1) is 12.8. The molecule has 2 aromatic heterocycles. The Morgan fingerprint density at radius 1 is 1.04 bits per heavy atom. The molecule has 0 amide bonds. The third kappa shape index (κ3) is 3.63. The molecule has 1 saturated heterocycles. The van der Waals surface area contributed by atoms with Crippen LogP contribution in [0.1, 0.15) is 60.8 Å². The van der Waals surface area contributed by atoms with Gasteiger partial charge in [-0.3, -0.25) is 4.40 Å². The molecule has 1 atom stereocenters. The van der Waals surface area contributed by atoms with Crippen LogP contribution in [0.3, 0.4) is 0 Å². The number of hydrogen-bond donors (Lipinski definition) is 0. The highest BCUT2D eigenvalue weighted by molar-refractivity contribution is 6.77. The van der Waals surface area contributed by atoms with Crippen LogP contribution >= 0.6 is 0 Å². The summed E-state index contributed by atoms with van der Waals surface area (Å²) in [7, 11) is -2.02. The molecular weight excluding hydrogens is 359 g/mol. The Labute approximate surface area is 163 Å². The predicted octanol–water partition coefficient (Wildman–Crippen LogP) is 5.38. The highest BCUT2D eigenvalue weighted by Crippen LogP contribution is 2.44. The van der Waals surface area contributed by atoms with Gasteiger partial charge in [0.25, 0.3) is 0 Å². The number of pyridine rings is 1. The lowest BCUT2D eigenvalue weighted by atomic mass is 10.1. The fraction of sp³-hybridized carbons (Fsp3) is 0.700. The van der Waals surface area contributed by atoms with Gasteiger partial charge >= 0.3 is 0 Å². The van der Waals surface area contributed by atoms with Crippen molar-refractivity contribution in [2.45, 2.75) is 83.7 Å². The average molecular weight is 393 g/mol. The monoisotopic (exact) mass is 392 g/mol. The largest absolute Gasteiger partial charge is 0.396 e. The zero-order chi connectivity index (χ0) is 19.8. The van der Waals surface area contributed by atoms with Gasteiger partial charge in [-0.2, -0.15) is 0 Å². The van der Waals surface area contributed by atoms with E-state index in [1.165, 1.54) is 12.3 Å². The van der Waals surface area contributed by atoms with Gasteiger partial charge < -0.3 is 9.33 Å². The van der Waals surface area contributed by atoms with Crippen molar-refractivity contribution in [1.29, 1.82) is 0 Å². The second kappa shape index (κ2) is 7.87. The topological polar surface area (TPSA) is 42.7 Å². The zero-order valence-electron chi connectivity index (χ0n) is 17.4. The van der Waals surface area contributed by atoms with Crippen LogP contribution in [0.4, 0.5) is 10.3 Å². The summed E-state index contributed by atoms with van der Waals surface area (Å²) < 4.78 is 22.6. The van der Waals surface area contributed by atoms with Crippen molar-refractivity contribution in [3.05, 3.63) is 24.1 Å². The van der Waals surface area contributed by atoms with Crippen molar-refractivity contribution in [3.63, 3.8) is 0 Å². The van der Waals surface area contributed by atoms with Crippen LogP contribution in [0.15, 0.2) is 18.3 Å². The third-order valence-corrected chi connectivity index (χ3v) is 12.2. The maximum absolute atomic E-state index is 13.8. The van der Waals surface area contributed by atoms with Crippen molar-refractivity contribution in [3.8, 4) is 0 Å². The lowest BCUT2D eigenvalue weighted by Gasteiger charge is -2.48. The fourth-order valence-corrected chi connectivity index (χ4v) is 10.5. The Hall–Kier alpha value is -1.47. The van der Waals surface area contributed by atoms with Crippen LogP contribution in [-0.4, -0.2) is 35.7 Å². The predicted molar refractivity (Wildman–Crippen MR) is 110 cm³/mol. The van der Waals surface area contributed by atoms with Gasteiger partial charge in [0.2, 0.25) is 14.3 Å². The van der Waals surface area contributed by atoms with Crippen molar-refractivity contribution in [1.82, 2.24) is 14.6 Å². The summed E-state index contributed by atoms with van der Waals surface area (Å²) in [5, 5.41) is 8.61. The number of rotatable bonds is 6. The van der Waals surface area contributed by atoms with E-state index in [0.717, 1.165) is 25.8 Å². The van der Waals surface area contributed by atoms with Crippen LogP contribution < -0.4 is 4.90 Å². The molecule has 0 unspecified atom stereocenters. The SMILES string of the molecule is CC(C)[Si](O[C@H]1CCCCN1c1nnc2ccc(F)cn12)(C(C)C)C(C)C. The molecule has 0 aliphatic carbocycles. The van der Waals surface area contributed by atoms with Crippen molar-refractivity contribution >= 4 is 19.9 Å². The minimum absolute atomic E-state index is 0.0201. The van der Waals surface area contributed by atoms with Crippen LogP contribution in [0, 0.1) is 5.82 Å². The summed E-state index contributed by atoms with van der Waals surface area (Å²) in [4.78, 5) is 2.21. The molecule has 1 aliphatic rings. The van der Waals surface area contributed by atoms with Crippen molar-refractivity contribution in [2.24, 2.45) is 0 Å². The highest BCUT2D eigenvalue weighted by Gasteiger charge is 2.48. The molecule has 1 aliphatic heterocycles. The molecule has 0 spiro atoms. The van der Waals surface area contributed by atoms with Gasteiger partial charge in [0.15, 0.2) is 5.65 Å². The molecule has 0 aromatic carbocycles. The normalized spacial score (nSPS) is 19.0. The number of halogens is 1. The van der Waals surface area contributed by atoms with E-state index < -0.39 is 8.32 Å². The van der Waals surface area contributed by atoms with Gasteiger partial charge in [-0.05, 0) is 48.0 Å². The first-order valence-electron chi connectivity index (χ1n) is 10.2. The third-order valence-electron chi connectivity index (χ3n) is 6.10. The van der Waals surface area contributed by atoms with Gasteiger partial charge in [0, 0.05) is 12.7 Å². The van der Waals surface area contributed by atoms with Gasteiger partial charge in [0.1, 0.15) is 12.0 Å². The number of aromatic nitrogens is 3. The molecule has 5 nitrogen and oxygen atoms in total. The van der Waals surface area contributed by atoms with E-state index >= 15 is 0 Å². The van der Waals surface area contributed by atoms with E-state index in [2.05, 4.69) is 56.6 Å². The Balaban J connectivity index is 1.98. The molecule has 0 saturated carbocycles. The molecular formula is C20H33FN4OSi. The quantitative estimate of drug-likeness (QED) is 0.619. The molecule has 1 fully saturated rings. The lowest BCUT2D eigenvalue weighted by Crippen LogP contribution is -2.55. The summed E-state index contributed by atoms with van der Waals surface area (Å²) >= 11 is 0. The molecule has 3 heterocycles. The molecule has 3 rings (SSSR count). The maximum atomic E-state index is 13.8. The number of fused-ring (bicyclic) bond motifs is 1. The van der Waals surface area contributed by atoms with Crippen molar-refractivity contribution < 1.29 is 8.82 Å². The van der Waals surface area contributed by atoms with Gasteiger partial charge in [-0.25, -0.2) is 4.39 Å². The lowest BCUT2D eigenvalue weighted by molar-refractivity contribution is 0.139. The van der Waals surface area contributed by atoms with E-state index in [4.69, 9.17) is 4.43 Å². The number of hydrogen-bond acceptors (Lipinski definition) is 4. The molecule has 0 bridgehead atoms. The van der Waals surface area contributed by atoms with Crippen molar-refractivity contribution in [2.75, 3.05) is 11.4 Å². The second-order valence-corrected chi connectivity index (χ2v) is 14.1. The minimum Gasteiger partial charge on any atom is -0.396 e. The van der Waals surface area contributed by atoms with E-state index in [0.29, 0.717) is 28.2 Å². The highest BCUT2D eigenvalue weighted by atomic mass is 28.4. The number of anilines is 1. The van der Waals surface area contributed by atoms with E-state index in [9.17, 15) is 4.39 Å². The van der Waals surface area contributed by atoms with Gasteiger partial charge in [0.05, 0.1) is 0 Å². The average Bonchev–Trinajstić information content (AvgIpc) is 3.01. The zero-order valence-corrected chi connectivity index (χ0v) is 18.4. The Morgan fingerprint density at radius 2 is 1.70 bits per heavy atom. The molecule has 0 radical (unpaired) electrons. The molecule has 0 N–H and O–H groups in total. The smallest absolute Gasteiger partial charge is 0.233 e. The van der Waals surface area contributed by atoms with Crippen LogP contribution in [0.25, 0.3) is 5.65 Å². The Kier molecular flexibility index (Phi) is 5.91. The standard InChI is InChI=1S/C20H33FN4OSi/c1-14(2)27(15(3)4,16(5)6)26-19-9-7-8-12-24(19)20-23-22-18-11-10-17(21)13-25(18)20/h10-11,13-16,19H,7-9,12H2,1-6H3/t19-/m0/s1. The Morgan fingerprint density at radius 3 is 2.33 bits per heavy atom. The summed E-state index contributed by atoms with van der Waals surface area (Å²) in [6.07, 6.45) is 4.65. The molecule has 2 aromatic rings. The molecule has 7 heteroatoms. The summed E-state index contributed by atoms with van der Waals surface area (Å²) in [5.74, 6) is 0.404. The Bertz CT molecular complexity index is 755. The van der Waals surface area contributed by atoms with Crippen LogP contribution in [0.5, 0.6) is 0 Å². The first kappa shape index (κ1) is 20.3. The van der Waals surface area contributed by atoms with E-state index in [1.54, 1.807) is 10.5 Å². The second-order valence-electron chi connectivity index (χ2n) is 8.65. The number of nitrogens with zero attached hydrogens (tertiary/aromatic N) is 4. The van der Waals surface area contributed by atoms with E-state index in [1.807, 2.05) is 0 Å². The van der Waals surface area contributed by atoms with E-state index in [-0.39, 0.29) is 12.0 Å². The van der Waals surface area contributed by atoms with Gasteiger partial charge in [-0.15, -0.1) is 10.2 Å².